The van der Waals surface area contributed by atoms with E-state index < -0.39 is 67.4 Å². The molecule has 0 radical (unpaired) electrons. The van der Waals surface area contributed by atoms with Crippen molar-refractivity contribution >= 4 is 11.9 Å². The molecule has 1 rings (SSSR count). The molecule has 11 nitrogen and oxygen atoms in total. The summed E-state index contributed by atoms with van der Waals surface area (Å²) in [5.41, 5.74) is 0. The molecule has 8 atom stereocenters. The summed E-state index contributed by atoms with van der Waals surface area (Å²) in [5.74, 6) is -1.25. The molecule has 0 aromatic heterocycles. The smallest absolute Gasteiger partial charge is 0.306 e. The van der Waals surface area contributed by atoms with Crippen LogP contribution in [0.25, 0.3) is 0 Å². The highest BCUT2D eigenvalue weighted by atomic mass is 16.7. The minimum Gasteiger partial charge on any atom is -0.454 e. The monoisotopic (exact) mass is 1080 g/mol. The van der Waals surface area contributed by atoms with E-state index in [2.05, 4.69) is 74.7 Å². The van der Waals surface area contributed by atoms with E-state index >= 15 is 0 Å². The lowest BCUT2D eigenvalue weighted by Crippen LogP contribution is -2.61. The van der Waals surface area contributed by atoms with Gasteiger partial charge in [-0.25, -0.2) is 0 Å². The van der Waals surface area contributed by atoms with Gasteiger partial charge in [0.1, 0.15) is 24.4 Å². The highest BCUT2D eigenvalue weighted by Crippen LogP contribution is 2.26. The number of aliphatic hydroxyl groups is 5. The van der Waals surface area contributed by atoms with Gasteiger partial charge in [-0.15, -0.1) is 0 Å². The fraction of sp³-hybridized carbons (Fsp3) is 0.697. The lowest BCUT2D eigenvalue weighted by molar-refractivity contribution is -0.305. The molecule has 1 fully saturated rings. The van der Waals surface area contributed by atoms with E-state index in [0.29, 0.717) is 12.8 Å². The summed E-state index contributed by atoms with van der Waals surface area (Å²) < 4.78 is 17.6. The number of allylic oxidation sites excluding steroid dienone is 17. The van der Waals surface area contributed by atoms with E-state index in [4.69, 9.17) is 14.2 Å². The Balaban J connectivity index is 2.73. The third-order valence-electron chi connectivity index (χ3n) is 13.8. The predicted octanol–water partition coefficient (Wildman–Crippen LogP) is 14.5. The predicted molar refractivity (Wildman–Crippen MR) is 319 cm³/mol. The highest BCUT2D eigenvalue weighted by molar-refractivity contribution is 5.80. The normalized spacial score (nSPS) is 19.8. The highest BCUT2D eigenvalue weighted by Gasteiger charge is 2.47. The van der Waals surface area contributed by atoms with Crippen LogP contribution in [-0.4, -0.2) is 99.6 Å². The molecule has 6 N–H and O–H groups in total. The molecule has 0 aliphatic carbocycles. The van der Waals surface area contributed by atoms with Crippen LogP contribution in [0.15, 0.2) is 109 Å². The molecule has 1 aliphatic heterocycles. The van der Waals surface area contributed by atoms with Crippen molar-refractivity contribution in [2.45, 2.75) is 282 Å². The second kappa shape index (κ2) is 53.0. The third-order valence-corrected chi connectivity index (χ3v) is 13.8. The number of nitrogens with one attached hydrogen (secondary N) is 1. The summed E-state index contributed by atoms with van der Waals surface area (Å²) in [5, 5.41) is 57.0. The average molecular weight is 1080 g/mol. The van der Waals surface area contributed by atoms with E-state index in [1.807, 2.05) is 54.7 Å². The largest absolute Gasteiger partial charge is 0.454 e. The number of amides is 1. The second-order valence-corrected chi connectivity index (χ2v) is 20.8. The summed E-state index contributed by atoms with van der Waals surface area (Å²) in [6.45, 7) is 5.58. The number of carbonyl (C=O) groups excluding carboxylic acids is 2. The van der Waals surface area contributed by atoms with E-state index in [1.54, 1.807) is 6.08 Å². The molecule has 77 heavy (non-hydrogen) atoms. The Morgan fingerprint density at radius 1 is 0.532 bits per heavy atom. The van der Waals surface area contributed by atoms with Gasteiger partial charge in [-0.05, 0) is 83.5 Å². The lowest BCUT2D eigenvalue weighted by atomic mass is 9.99. The summed E-state index contributed by atoms with van der Waals surface area (Å²) in [6, 6.07) is -1.04. The molecular formula is C66H111NO10. The number of carbonyl (C=O) groups is 2. The zero-order valence-electron chi connectivity index (χ0n) is 48.5. The van der Waals surface area contributed by atoms with Gasteiger partial charge in [0.25, 0.3) is 0 Å². The molecule has 0 saturated carbocycles. The summed E-state index contributed by atoms with van der Waals surface area (Å²) in [4.78, 5) is 26.5. The fourth-order valence-electron chi connectivity index (χ4n) is 8.91. The van der Waals surface area contributed by atoms with Gasteiger partial charge in [-0.2, -0.15) is 0 Å². The van der Waals surface area contributed by atoms with Crippen molar-refractivity contribution in [1.29, 1.82) is 0 Å². The van der Waals surface area contributed by atoms with E-state index in [9.17, 15) is 35.1 Å². The fourth-order valence-corrected chi connectivity index (χ4v) is 8.91. The van der Waals surface area contributed by atoms with E-state index in [-0.39, 0.29) is 19.4 Å². The Hall–Kier alpha value is -3.68. The SMILES string of the molecule is CC/C=C/C=C/C=C\C=C/C=C/CCCCCC(=O)OC1C(OCC(NC(=O)C(O)CCCCCCCCC/C=C\C/C=C\C/C=C\CCCCC)C(O)/C=C/CCCCCCCCCCCCC)OC(CO)C(O)C1O. The van der Waals surface area contributed by atoms with Crippen molar-refractivity contribution < 1.29 is 49.3 Å². The maximum atomic E-state index is 13.4. The summed E-state index contributed by atoms with van der Waals surface area (Å²) >= 11 is 0. The van der Waals surface area contributed by atoms with Crippen LogP contribution in [0.4, 0.5) is 0 Å². The third kappa shape index (κ3) is 41.1. The molecule has 1 amide bonds. The van der Waals surface area contributed by atoms with Crippen molar-refractivity contribution in [3.63, 3.8) is 0 Å². The number of esters is 1. The zero-order chi connectivity index (χ0) is 56.1. The number of ether oxygens (including phenoxy) is 3. The lowest BCUT2D eigenvalue weighted by Gasteiger charge is -2.41. The van der Waals surface area contributed by atoms with Crippen LogP contribution < -0.4 is 5.32 Å². The van der Waals surface area contributed by atoms with Gasteiger partial charge >= 0.3 is 5.97 Å². The van der Waals surface area contributed by atoms with Gasteiger partial charge in [0.2, 0.25) is 5.91 Å². The van der Waals surface area contributed by atoms with Gasteiger partial charge in [-0.1, -0.05) is 252 Å². The first-order valence-electron chi connectivity index (χ1n) is 30.7. The number of aliphatic hydroxyl groups excluding tert-OH is 5. The van der Waals surface area contributed by atoms with Crippen LogP contribution in [0.1, 0.15) is 233 Å². The minimum atomic E-state index is -1.64. The molecule has 8 unspecified atom stereocenters. The van der Waals surface area contributed by atoms with Crippen molar-refractivity contribution in [2.24, 2.45) is 0 Å². The van der Waals surface area contributed by atoms with E-state index in [0.717, 1.165) is 96.3 Å². The molecule has 0 aromatic carbocycles. The molecule has 1 aliphatic rings. The standard InChI is InChI=1S/C66H111NO10/c1-4-7-10-13-16-19-22-25-27-28-29-30-31-33-35-38-41-44-47-50-53-59(70)65(74)67-57(58(69)52-49-46-43-40-37-34-24-21-18-15-12-9-6-3)56-75-66-64(63(73)62(72)60(55-68)76-66)77-61(71)54-51-48-45-42-39-36-32-26-23-20-17-14-11-8-5-2/h8,11,14,16-17,19-20,23,25-27,29-30,32,36,39,49,52,57-60,62-64,66,68-70,72-73H,4-7,9-10,12-13,15,18,21-22,24,28,31,33-35,37-38,40-48,50-51,53-56H2,1-3H3,(H,67,74)/b11-8+,17-14+,19-16-,23-20-,27-25-,30-29-,32-26-,39-36+,52-49+. The molecule has 1 saturated heterocycles. The number of hydrogen-bond donors (Lipinski definition) is 6. The van der Waals surface area contributed by atoms with Crippen molar-refractivity contribution in [3.05, 3.63) is 109 Å². The van der Waals surface area contributed by atoms with E-state index in [1.165, 1.54) is 89.9 Å². The quantitative estimate of drug-likeness (QED) is 0.0149. The maximum absolute atomic E-state index is 13.4. The minimum absolute atomic E-state index is 0.0678. The van der Waals surface area contributed by atoms with Crippen LogP contribution in [0, 0.1) is 0 Å². The Morgan fingerprint density at radius 3 is 1.55 bits per heavy atom. The second-order valence-electron chi connectivity index (χ2n) is 20.8. The first kappa shape index (κ1) is 71.3. The summed E-state index contributed by atoms with van der Waals surface area (Å²) in [6.07, 6.45) is 61.2. The number of unbranched alkanes of at least 4 members (excludes halogenated alkanes) is 24. The van der Waals surface area contributed by atoms with Gasteiger partial charge in [0.05, 0.1) is 25.4 Å². The number of hydrogen-bond acceptors (Lipinski definition) is 10. The first-order valence-corrected chi connectivity index (χ1v) is 30.7. The first-order chi connectivity index (χ1) is 37.7. The van der Waals surface area contributed by atoms with Crippen LogP contribution in [-0.2, 0) is 23.8 Å². The van der Waals surface area contributed by atoms with Crippen molar-refractivity contribution in [1.82, 2.24) is 5.32 Å². The van der Waals surface area contributed by atoms with Crippen molar-refractivity contribution in [3.8, 4) is 0 Å². The zero-order valence-corrected chi connectivity index (χ0v) is 48.5. The molecule has 0 aromatic rings. The Morgan fingerprint density at radius 2 is 0.987 bits per heavy atom. The Bertz CT molecular complexity index is 1660. The molecule has 440 valence electrons. The Labute approximate surface area is 468 Å². The molecule has 11 heteroatoms. The van der Waals surface area contributed by atoms with Gasteiger partial charge in [-0.3, -0.25) is 9.59 Å². The molecule has 0 spiro atoms. The number of rotatable bonds is 50. The van der Waals surface area contributed by atoms with Crippen LogP contribution >= 0.6 is 0 Å². The Kier molecular flexibility index (Phi) is 49.1. The van der Waals surface area contributed by atoms with Crippen LogP contribution in [0.3, 0.4) is 0 Å². The molecule has 0 bridgehead atoms. The van der Waals surface area contributed by atoms with Gasteiger partial charge in [0.15, 0.2) is 12.4 Å². The topological polar surface area (TPSA) is 175 Å². The maximum Gasteiger partial charge on any atom is 0.306 e. The van der Waals surface area contributed by atoms with Gasteiger partial charge in [0, 0.05) is 6.42 Å². The van der Waals surface area contributed by atoms with Crippen LogP contribution in [0.2, 0.25) is 0 Å². The molecule has 1 heterocycles. The summed E-state index contributed by atoms with van der Waals surface area (Å²) in [7, 11) is 0. The average Bonchev–Trinajstić information content (AvgIpc) is 3.43. The van der Waals surface area contributed by atoms with Crippen molar-refractivity contribution in [2.75, 3.05) is 13.2 Å². The van der Waals surface area contributed by atoms with Gasteiger partial charge < -0.3 is 45.1 Å². The molecular weight excluding hydrogens is 967 g/mol. The van der Waals surface area contributed by atoms with Crippen LogP contribution in [0.5, 0.6) is 0 Å².